The van der Waals surface area contributed by atoms with Crippen LogP contribution in [0.15, 0.2) is 28.2 Å². The Bertz CT molecular complexity index is 742. The summed E-state index contributed by atoms with van der Waals surface area (Å²) in [5.74, 6) is -2.12. The molecule has 0 spiro atoms. The van der Waals surface area contributed by atoms with Crippen LogP contribution in [-0.4, -0.2) is 25.8 Å². The second-order valence-electron chi connectivity index (χ2n) is 4.71. The van der Waals surface area contributed by atoms with E-state index in [9.17, 15) is 18.4 Å². The van der Waals surface area contributed by atoms with Gasteiger partial charge in [0.15, 0.2) is 10.9 Å². The van der Waals surface area contributed by atoms with Gasteiger partial charge in [-0.15, -0.1) is 5.10 Å². The van der Waals surface area contributed by atoms with E-state index in [1.54, 1.807) is 6.92 Å². The lowest BCUT2D eigenvalue weighted by molar-refractivity contribution is 0.0990. The fourth-order valence-corrected chi connectivity index (χ4v) is 2.88. The third-order valence-electron chi connectivity index (χ3n) is 3.02. The molecule has 1 N–H and O–H groups in total. The topological polar surface area (TPSA) is 67.8 Å². The van der Waals surface area contributed by atoms with Gasteiger partial charge < -0.3 is 0 Å². The fraction of sp³-hybridized carbons (Fsp3) is 0.357. The second-order valence-corrected chi connectivity index (χ2v) is 6.02. The van der Waals surface area contributed by atoms with Gasteiger partial charge in [-0.05, 0) is 25.5 Å². The first-order valence-corrected chi connectivity index (χ1v) is 7.63. The standard InChI is InChI=1S/C14H15F2N3O2S/c1-3-6-19-13(21)17-18-14(19)22-8(2)12(20)10-5-4-9(15)7-11(10)16/h4-5,7-8H,3,6H2,1-2H3,(H,17,21). The summed E-state index contributed by atoms with van der Waals surface area (Å²) in [5.41, 5.74) is -0.529. The minimum Gasteiger partial charge on any atom is -0.293 e. The number of aromatic amines is 1. The summed E-state index contributed by atoms with van der Waals surface area (Å²) in [6.07, 6.45) is 0.738. The Hall–Kier alpha value is -1.96. The summed E-state index contributed by atoms with van der Waals surface area (Å²) in [6.45, 7) is 3.98. The van der Waals surface area contributed by atoms with E-state index in [0.29, 0.717) is 17.8 Å². The van der Waals surface area contributed by atoms with Crippen LogP contribution in [0.4, 0.5) is 8.78 Å². The highest BCUT2D eigenvalue weighted by atomic mass is 32.2. The van der Waals surface area contributed by atoms with Gasteiger partial charge >= 0.3 is 5.69 Å². The number of thioether (sulfide) groups is 1. The summed E-state index contributed by atoms with van der Waals surface area (Å²) in [7, 11) is 0. The van der Waals surface area contributed by atoms with Gasteiger partial charge in [0.1, 0.15) is 11.6 Å². The van der Waals surface area contributed by atoms with Crippen LogP contribution in [0.25, 0.3) is 0 Å². The summed E-state index contributed by atoms with van der Waals surface area (Å²) < 4.78 is 28.0. The highest BCUT2D eigenvalue weighted by Crippen LogP contribution is 2.24. The van der Waals surface area contributed by atoms with Crippen molar-refractivity contribution in [1.29, 1.82) is 0 Å². The third kappa shape index (κ3) is 3.44. The number of aromatic nitrogens is 3. The van der Waals surface area contributed by atoms with Crippen molar-refractivity contribution in [3.05, 3.63) is 45.9 Å². The predicted octanol–water partition coefficient (Wildman–Crippen LogP) is 2.62. The number of nitrogens with zero attached hydrogens (tertiary/aromatic N) is 2. The highest BCUT2D eigenvalue weighted by Gasteiger charge is 2.22. The molecule has 0 saturated carbocycles. The molecule has 1 unspecified atom stereocenters. The van der Waals surface area contributed by atoms with Crippen molar-refractivity contribution in [2.75, 3.05) is 0 Å². The van der Waals surface area contributed by atoms with Crippen LogP contribution in [0.5, 0.6) is 0 Å². The Balaban J connectivity index is 2.20. The van der Waals surface area contributed by atoms with Crippen molar-refractivity contribution in [3.63, 3.8) is 0 Å². The maximum atomic E-state index is 13.7. The molecule has 8 heteroatoms. The van der Waals surface area contributed by atoms with Gasteiger partial charge in [-0.1, -0.05) is 18.7 Å². The number of nitrogens with one attached hydrogen (secondary N) is 1. The zero-order valence-electron chi connectivity index (χ0n) is 12.1. The predicted molar refractivity (Wildman–Crippen MR) is 79.1 cm³/mol. The van der Waals surface area contributed by atoms with Crippen LogP contribution < -0.4 is 5.69 Å². The van der Waals surface area contributed by atoms with Crippen molar-refractivity contribution in [1.82, 2.24) is 14.8 Å². The van der Waals surface area contributed by atoms with Crippen LogP contribution >= 0.6 is 11.8 Å². The maximum Gasteiger partial charge on any atom is 0.343 e. The van der Waals surface area contributed by atoms with Gasteiger partial charge in [-0.3, -0.25) is 9.36 Å². The molecule has 22 heavy (non-hydrogen) atoms. The molecule has 0 bridgehead atoms. The summed E-state index contributed by atoms with van der Waals surface area (Å²) in [4.78, 5) is 23.8. The Labute approximate surface area is 129 Å². The molecule has 0 aliphatic rings. The average Bonchev–Trinajstić information content (AvgIpc) is 2.80. The van der Waals surface area contributed by atoms with E-state index in [-0.39, 0.29) is 11.3 Å². The van der Waals surface area contributed by atoms with Crippen LogP contribution in [0.1, 0.15) is 30.6 Å². The summed E-state index contributed by atoms with van der Waals surface area (Å²) in [5, 5.41) is 5.91. The lowest BCUT2D eigenvalue weighted by atomic mass is 10.1. The van der Waals surface area contributed by atoms with Crippen LogP contribution in [0, 0.1) is 11.6 Å². The Kier molecular flexibility index (Phi) is 5.12. The SMILES string of the molecule is CCCn1c(SC(C)C(=O)c2ccc(F)cc2F)n[nH]c1=O. The van der Waals surface area contributed by atoms with E-state index in [0.717, 1.165) is 30.3 Å². The molecule has 0 saturated heterocycles. The Morgan fingerprint density at radius 3 is 2.82 bits per heavy atom. The molecule has 1 aromatic carbocycles. The molecule has 2 aromatic rings. The molecule has 0 amide bonds. The lowest BCUT2D eigenvalue weighted by Crippen LogP contribution is -2.20. The molecule has 118 valence electrons. The minimum absolute atomic E-state index is 0.179. The molecule has 0 aliphatic heterocycles. The Morgan fingerprint density at radius 2 is 2.18 bits per heavy atom. The number of halogens is 2. The van der Waals surface area contributed by atoms with Crippen molar-refractivity contribution in [2.45, 2.75) is 37.2 Å². The average molecular weight is 327 g/mol. The van der Waals surface area contributed by atoms with Crippen molar-refractivity contribution < 1.29 is 13.6 Å². The van der Waals surface area contributed by atoms with Crippen molar-refractivity contribution >= 4 is 17.5 Å². The van der Waals surface area contributed by atoms with Crippen LogP contribution in [-0.2, 0) is 6.54 Å². The monoisotopic (exact) mass is 327 g/mol. The second kappa shape index (κ2) is 6.87. The number of ketones is 1. The Morgan fingerprint density at radius 1 is 1.45 bits per heavy atom. The van der Waals surface area contributed by atoms with E-state index >= 15 is 0 Å². The molecule has 5 nitrogen and oxygen atoms in total. The van der Waals surface area contributed by atoms with E-state index in [1.807, 2.05) is 6.92 Å². The third-order valence-corrected chi connectivity index (χ3v) is 4.11. The van der Waals surface area contributed by atoms with Gasteiger partial charge in [0, 0.05) is 12.6 Å². The summed E-state index contributed by atoms with van der Waals surface area (Å²) >= 11 is 1.06. The number of hydrogen-bond acceptors (Lipinski definition) is 4. The largest absolute Gasteiger partial charge is 0.343 e. The smallest absolute Gasteiger partial charge is 0.293 e. The zero-order valence-corrected chi connectivity index (χ0v) is 12.9. The van der Waals surface area contributed by atoms with E-state index < -0.39 is 22.7 Å². The first-order chi connectivity index (χ1) is 10.4. The summed E-state index contributed by atoms with van der Waals surface area (Å²) in [6, 6.07) is 2.83. The molecule has 0 aliphatic carbocycles. The molecular weight excluding hydrogens is 312 g/mol. The first-order valence-electron chi connectivity index (χ1n) is 6.75. The number of carbonyl (C=O) groups excluding carboxylic acids is 1. The quantitative estimate of drug-likeness (QED) is 0.654. The molecule has 1 aromatic heterocycles. The molecular formula is C14H15F2N3O2S. The van der Waals surface area contributed by atoms with Gasteiger partial charge in [-0.25, -0.2) is 18.7 Å². The normalized spacial score (nSPS) is 12.4. The van der Waals surface area contributed by atoms with Crippen molar-refractivity contribution in [2.24, 2.45) is 0 Å². The van der Waals surface area contributed by atoms with Crippen LogP contribution in [0.3, 0.4) is 0 Å². The molecule has 0 fully saturated rings. The van der Waals surface area contributed by atoms with Gasteiger partial charge in [0.05, 0.1) is 10.8 Å². The van der Waals surface area contributed by atoms with Crippen molar-refractivity contribution in [3.8, 4) is 0 Å². The minimum atomic E-state index is -0.898. The zero-order chi connectivity index (χ0) is 16.3. The van der Waals surface area contributed by atoms with E-state index in [2.05, 4.69) is 10.2 Å². The maximum absolute atomic E-state index is 13.7. The van der Waals surface area contributed by atoms with Gasteiger partial charge in [-0.2, -0.15) is 0 Å². The number of carbonyl (C=O) groups is 1. The van der Waals surface area contributed by atoms with Gasteiger partial charge in [0.25, 0.3) is 0 Å². The number of hydrogen-bond donors (Lipinski definition) is 1. The lowest BCUT2D eigenvalue weighted by Gasteiger charge is -2.11. The molecule has 1 heterocycles. The van der Waals surface area contributed by atoms with Crippen LogP contribution in [0.2, 0.25) is 0 Å². The van der Waals surface area contributed by atoms with E-state index in [4.69, 9.17) is 0 Å². The number of rotatable bonds is 6. The fourth-order valence-electron chi connectivity index (χ4n) is 1.93. The number of Topliss-reactive ketones (excluding diaryl/α,β-unsaturated/α-hetero) is 1. The highest BCUT2D eigenvalue weighted by molar-refractivity contribution is 8.00. The molecule has 1 atom stereocenters. The van der Waals surface area contributed by atoms with Gasteiger partial charge in [0.2, 0.25) is 0 Å². The number of benzene rings is 1. The molecule has 2 rings (SSSR count). The number of H-pyrrole nitrogens is 1. The molecule has 0 radical (unpaired) electrons. The first kappa shape index (κ1) is 16.4. The van der Waals surface area contributed by atoms with E-state index in [1.165, 1.54) is 4.57 Å².